The van der Waals surface area contributed by atoms with Crippen LogP contribution >= 0.6 is 0 Å². The number of hydrogen-bond donors (Lipinski definition) is 1. The van der Waals surface area contributed by atoms with E-state index in [1.54, 1.807) is 16.7 Å². The number of nitrogens with zero attached hydrogens (tertiary/aromatic N) is 3. The predicted molar refractivity (Wildman–Crippen MR) is 101 cm³/mol. The summed E-state index contributed by atoms with van der Waals surface area (Å²) in [5.41, 5.74) is -0.228. The summed E-state index contributed by atoms with van der Waals surface area (Å²) in [5.74, 6) is 1.82. The quantitative estimate of drug-likeness (QED) is 0.791. The maximum absolute atomic E-state index is 13.2. The van der Waals surface area contributed by atoms with Crippen molar-refractivity contribution in [2.75, 3.05) is 26.3 Å². The number of piperidine rings is 1. The zero-order valence-electron chi connectivity index (χ0n) is 15.8. The average Bonchev–Trinajstić information content (AvgIpc) is 3.07. The van der Waals surface area contributed by atoms with Crippen molar-refractivity contribution in [3.8, 4) is 11.5 Å². The van der Waals surface area contributed by atoms with Crippen molar-refractivity contribution in [3.63, 3.8) is 0 Å². The maximum atomic E-state index is 13.2. The molecule has 1 atom stereocenters. The Balaban J connectivity index is 1.52. The molecule has 1 aromatic carbocycles. The Morgan fingerprint density at radius 1 is 1.25 bits per heavy atom. The van der Waals surface area contributed by atoms with Crippen molar-refractivity contribution < 1.29 is 17.9 Å². The van der Waals surface area contributed by atoms with Crippen molar-refractivity contribution in [1.29, 1.82) is 0 Å². The van der Waals surface area contributed by atoms with Gasteiger partial charge >= 0.3 is 5.69 Å². The lowest BCUT2D eigenvalue weighted by Crippen LogP contribution is -2.40. The molecule has 9 nitrogen and oxygen atoms in total. The number of hydrogen-bond acceptors (Lipinski definition) is 6. The molecule has 2 aliphatic rings. The molecule has 28 heavy (non-hydrogen) atoms. The van der Waals surface area contributed by atoms with Gasteiger partial charge in [0.1, 0.15) is 19.0 Å². The molecule has 0 amide bonds. The third-order valence-electron chi connectivity index (χ3n) is 5.26. The number of nitrogens with one attached hydrogen (secondary N) is 1. The van der Waals surface area contributed by atoms with E-state index >= 15 is 0 Å². The van der Waals surface area contributed by atoms with Crippen LogP contribution in [0.15, 0.2) is 27.9 Å². The van der Waals surface area contributed by atoms with Gasteiger partial charge < -0.3 is 9.47 Å². The largest absolute Gasteiger partial charge is 0.486 e. The smallest absolute Gasteiger partial charge is 0.343 e. The number of benzene rings is 1. The average molecular weight is 408 g/mol. The van der Waals surface area contributed by atoms with Gasteiger partial charge in [-0.05, 0) is 37.8 Å². The summed E-state index contributed by atoms with van der Waals surface area (Å²) >= 11 is 0. The first-order chi connectivity index (χ1) is 13.5. The van der Waals surface area contributed by atoms with Crippen LogP contribution in [-0.4, -0.2) is 53.8 Å². The Kier molecular flexibility index (Phi) is 5.15. The molecular formula is C18H24N4O5S. The van der Waals surface area contributed by atoms with Gasteiger partial charge in [0.2, 0.25) is 10.0 Å². The summed E-state index contributed by atoms with van der Waals surface area (Å²) < 4.78 is 40.4. The van der Waals surface area contributed by atoms with Gasteiger partial charge in [0.15, 0.2) is 11.5 Å². The van der Waals surface area contributed by atoms with E-state index in [4.69, 9.17) is 9.47 Å². The zero-order chi connectivity index (χ0) is 19.7. The summed E-state index contributed by atoms with van der Waals surface area (Å²) in [4.78, 5) is 12.0. The lowest BCUT2D eigenvalue weighted by molar-refractivity contribution is 0.171. The molecule has 0 radical (unpaired) electrons. The van der Waals surface area contributed by atoms with Crippen LogP contribution in [0, 0.1) is 5.92 Å². The molecule has 1 N–H and O–H groups in total. The normalized spacial score (nSPS) is 20.2. The third kappa shape index (κ3) is 3.53. The van der Waals surface area contributed by atoms with Crippen LogP contribution in [0.1, 0.15) is 25.6 Å². The number of ether oxygens (including phenoxy) is 2. The van der Waals surface area contributed by atoms with Crippen LogP contribution in [0.4, 0.5) is 0 Å². The highest BCUT2D eigenvalue weighted by atomic mass is 32.2. The van der Waals surface area contributed by atoms with Gasteiger partial charge in [0, 0.05) is 32.1 Å². The van der Waals surface area contributed by atoms with E-state index in [2.05, 4.69) is 10.2 Å². The van der Waals surface area contributed by atoms with Gasteiger partial charge in [-0.3, -0.25) is 4.57 Å². The third-order valence-corrected chi connectivity index (χ3v) is 7.12. The number of rotatable bonds is 5. The minimum atomic E-state index is -3.63. The highest BCUT2D eigenvalue weighted by molar-refractivity contribution is 7.89. The lowest BCUT2D eigenvalue weighted by Gasteiger charge is -2.32. The van der Waals surface area contributed by atoms with Gasteiger partial charge in [0.25, 0.3) is 0 Å². The number of aromatic amines is 1. The van der Waals surface area contributed by atoms with Crippen molar-refractivity contribution in [2.45, 2.75) is 37.6 Å². The first-order valence-corrected chi connectivity index (χ1v) is 11.0. The summed E-state index contributed by atoms with van der Waals surface area (Å²) in [6.45, 7) is 4.18. The van der Waals surface area contributed by atoms with E-state index in [-0.39, 0.29) is 16.5 Å². The van der Waals surface area contributed by atoms with Gasteiger partial charge in [-0.2, -0.15) is 9.40 Å². The fourth-order valence-electron chi connectivity index (χ4n) is 3.84. The molecule has 1 saturated heterocycles. The van der Waals surface area contributed by atoms with Gasteiger partial charge in [-0.1, -0.05) is 0 Å². The highest BCUT2D eigenvalue weighted by Gasteiger charge is 2.32. The van der Waals surface area contributed by atoms with E-state index in [1.807, 2.05) is 6.92 Å². The Labute approximate surface area is 163 Å². The van der Waals surface area contributed by atoms with E-state index in [1.165, 1.54) is 10.4 Å². The van der Waals surface area contributed by atoms with E-state index in [9.17, 15) is 13.2 Å². The molecule has 0 spiro atoms. The Morgan fingerprint density at radius 3 is 2.82 bits per heavy atom. The highest BCUT2D eigenvalue weighted by Crippen LogP contribution is 2.34. The van der Waals surface area contributed by atoms with Gasteiger partial charge in [0.05, 0.1) is 4.90 Å². The second-order valence-electron chi connectivity index (χ2n) is 7.07. The standard InChI is InChI=1S/C18H24N4O5S/c1-2-22-17(19-20-18(22)23)10-13-4-3-7-21(12-13)28(24,25)14-5-6-15-16(11-14)27-9-8-26-15/h5-6,11,13H,2-4,7-10,12H2,1H3,(H,20,23)/t13-/m1/s1. The summed E-state index contributed by atoms with van der Waals surface area (Å²) in [6, 6.07) is 4.75. The minimum absolute atomic E-state index is 0.112. The molecule has 10 heteroatoms. The Morgan fingerprint density at radius 2 is 2.04 bits per heavy atom. The zero-order valence-corrected chi connectivity index (χ0v) is 16.6. The SMILES string of the molecule is CCn1c(C[C@H]2CCCN(S(=O)(=O)c3ccc4c(c3)OCCO4)C2)n[nH]c1=O. The molecule has 1 aromatic heterocycles. The molecule has 1 fully saturated rings. The van der Waals surface area contributed by atoms with Crippen LogP contribution in [0.3, 0.4) is 0 Å². The lowest BCUT2D eigenvalue weighted by atomic mass is 9.96. The number of sulfonamides is 1. The Hall–Kier alpha value is -2.33. The second-order valence-corrected chi connectivity index (χ2v) is 9.01. The van der Waals surface area contributed by atoms with Crippen molar-refractivity contribution in [3.05, 3.63) is 34.5 Å². The molecule has 2 aromatic rings. The molecule has 0 saturated carbocycles. The molecular weight excluding hydrogens is 384 g/mol. The molecule has 0 unspecified atom stereocenters. The molecule has 0 bridgehead atoms. The van der Waals surface area contributed by atoms with E-state index in [0.717, 1.165) is 12.8 Å². The number of fused-ring (bicyclic) bond motifs is 1. The van der Waals surface area contributed by atoms with Crippen molar-refractivity contribution >= 4 is 10.0 Å². The molecule has 152 valence electrons. The molecule has 0 aliphatic carbocycles. The minimum Gasteiger partial charge on any atom is -0.486 e. The number of aromatic nitrogens is 3. The second kappa shape index (κ2) is 7.59. The fraction of sp³-hybridized carbons (Fsp3) is 0.556. The van der Waals surface area contributed by atoms with E-state index in [0.29, 0.717) is 56.6 Å². The first kappa shape index (κ1) is 19.0. The van der Waals surface area contributed by atoms with Crippen LogP contribution in [0.5, 0.6) is 11.5 Å². The molecule has 3 heterocycles. The van der Waals surface area contributed by atoms with E-state index < -0.39 is 10.0 Å². The van der Waals surface area contributed by atoms with Crippen LogP contribution in [-0.2, 0) is 23.0 Å². The van der Waals surface area contributed by atoms with Crippen molar-refractivity contribution in [1.82, 2.24) is 19.1 Å². The van der Waals surface area contributed by atoms with Crippen LogP contribution in [0.2, 0.25) is 0 Å². The maximum Gasteiger partial charge on any atom is 0.343 e. The van der Waals surface area contributed by atoms with Crippen LogP contribution < -0.4 is 15.2 Å². The summed E-state index contributed by atoms with van der Waals surface area (Å²) in [7, 11) is -3.63. The summed E-state index contributed by atoms with van der Waals surface area (Å²) in [5, 5.41) is 6.58. The van der Waals surface area contributed by atoms with Crippen molar-refractivity contribution in [2.24, 2.45) is 5.92 Å². The topological polar surface area (TPSA) is 107 Å². The van der Waals surface area contributed by atoms with Crippen LogP contribution in [0.25, 0.3) is 0 Å². The van der Waals surface area contributed by atoms with Gasteiger partial charge in [-0.15, -0.1) is 0 Å². The molecule has 2 aliphatic heterocycles. The summed E-state index contributed by atoms with van der Waals surface area (Å²) in [6.07, 6.45) is 2.24. The van der Waals surface area contributed by atoms with Gasteiger partial charge in [-0.25, -0.2) is 18.3 Å². The number of H-pyrrole nitrogens is 1. The first-order valence-electron chi connectivity index (χ1n) is 9.53. The predicted octanol–water partition coefficient (Wildman–Crippen LogP) is 1.01. The monoisotopic (exact) mass is 408 g/mol. The fourth-order valence-corrected chi connectivity index (χ4v) is 5.41. The molecule has 4 rings (SSSR count). The Bertz CT molecular complexity index is 1010.